The lowest BCUT2D eigenvalue weighted by Gasteiger charge is -2.01. The van der Waals surface area contributed by atoms with Gasteiger partial charge in [0, 0.05) is 6.42 Å². The monoisotopic (exact) mass is 113 g/mol. The van der Waals surface area contributed by atoms with E-state index in [-0.39, 0.29) is 5.78 Å². The highest BCUT2D eigenvalue weighted by Crippen LogP contribution is 2.05. The molecule has 0 amide bonds. The highest BCUT2D eigenvalue weighted by atomic mass is 16.1. The first-order chi connectivity index (χ1) is 3.66. The Kier molecular flexibility index (Phi) is 3.49. The maximum atomic E-state index is 10.4. The fourth-order valence-corrected chi connectivity index (χ4v) is 0.593. The molecule has 1 nitrogen and oxygen atoms in total. The Labute approximate surface area is 51.1 Å². The minimum absolute atomic E-state index is 0.265. The molecule has 47 valence electrons. The number of hydrogen-bond acceptors (Lipinski definition) is 1. The van der Waals surface area contributed by atoms with Gasteiger partial charge in [-0.25, -0.2) is 0 Å². The third-order valence-electron chi connectivity index (χ3n) is 1.13. The Morgan fingerprint density at radius 2 is 2.25 bits per heavy atom. The van der Waals surface area contributed by atoms with E-state index in [9.17, 15) is 4.79 Å². The number of rotatable bonds is 3. The molecular weight excluding hydrogens is 100 g/mol. The van der Waals surface area contributed by atoms with Crippen LogP contribution in [0, 0.1) is 12.8 Å². The molecule has 1 atom stereocenters. The zero-order valence-electron chi connectivity index (χ0n) is 5.61. The molecule has 0 rings (SSSR count). The van der Waals surface area contributed by atoms with Crippen LogP contribution in [0.3, 0.4) is 0 Å². The normalized spacial score (nSPS) is 13.4. The number of hydrogen-bond donors (Lipinski definition) is 0. The van der Waals surface area contributed by atoms with Gasteiger partial charge in [-0.05, 0) is 12.8 Å². The van der Waals surface area contributed by atoms with E-state index in [1.807, 2.05) is 6.92 Å². The summed E-state index contributed by atoms with van der Waals surface area (Å²) in [5.74, 6) is 0.730. The predicted molar refractivity (Wildman–Crippen MR) is 34.4 cm³/mol. The van der Waals surface area contributed by atoms with Crippen molar-refractivity contribution in [3.05, 3.63) is 6.92 Å². The molecule has 0 aliphatic carbocycles. The molecule has 0 saturated carbocycles. The number of Topliss-reactive ketones (excluding diaryl/α,β-unsaturated/α-hetero) is 1. The smallest absolute Gasteiger partial charge is 0.130 e. The number of ketones is 1. The van der Waals surface area contributed by atoms with Gasteiger partial charge in [0.1, 0.15) is 5.78 Å². The molecule has 0 saturated heterocycles. The summed E-state index contributed by atoms with van der Waals surface area (Å²) >= 11 is 0. The van der Waals surface area contributed by atoms with Gasteiger partial charge in [0.25, 0.3) is 0 Å². The third-order valence-corrected chi connectivity index (χ3v) is 1.13. The fourth-order valence-electron chi connectivity index (χ4n) is 0.593. The second-order valence-corrected chi connectivity index (χ2v) is 2.30. The first-order valence-corrected chi connectivity index (χ1v) is 2.95. The lowest BCUT2D eigenvalue weighted by molar-refractivity contribution is -0.117. The SMILES string of the molecule is [CH2]CC(C)CC(C)=O. The lowest BCUT2D eigenvalue weighted by atomic mass is 10.0. The average molecular weight is 113 g/mol. The van der Waals surface area contributed by atoms with Crippen LogP contribution in [0.2, 0.25) is 0 Å². The van der Waals surface area contributed by atoms with Crippen LogP contribution in [0.4, 0.5) is 0 Å². The lowest BCUT2D eigenvalue weighted by Crippen LogP contribution is -1.99. The number of carbonyl (C=O) groups is 1. The Morgan fingerprint density at radius 3 is 2.38 bits per heavy atom. The van der Waals surface area contributed by atoms with E-state index in [2.05, 4.69) is 6.92 Å². The largest absolute Gasteiger partial charge is 0.300 e. The van der Waals surface area contributed by atoms with E-state index < -0.39 is 0 Å². The van der Waals surface area contributed by atoms with Gasteiger partial charge >= 0.3 is 0 Å². The molecule has 1 unspecified atom stereocenters. The molecule has 0 bridgehead atoms. The predicted octanol–water partition coefficient (Wildman–Crippen LogP) is 1.83. The zero-order valence-corrected chi connectivity index (χ0v) is 5.61. The van der Waals surface area contributed by atoms with Gasteiger partial charge in [-0.2, -0.15) is 0 Å². The molecule has 1 radical (unpaired) electrons. The van der Waals surface area contributed by atoms with Gasteiger partial charge in [0.05, 0.1) is 0 Å². The highest BCUT2D eigenvalue weighted by molar-refractivity contribution is 5.75. The fraction of sp³-hybridized carbons (Fsp3) is 0.714. The van der Waals surface area contributed by atoms with Crippen molar-refractivity contribution in [2.45, 2.75) is 26.7 Å². The van der Waals surface area contributed by atoms with Crippen LogP contribution in [-0.2, 0) is 4.79 Å². The van der Waals surface area contributed by atoms with Gasteiger partial charge < -0.3 is 4.79 Å². The van der Waals surface area contributed by atoms with Crippen molar-refractivity contribution in [2.24, 2.45) is 5.92 Å². The van der Waals surface area contributed by atoms with Gasteiger partial charge in [0.2, 0.25) is 0 Å². The standard InChI is InChI=1S/C7H13O/c1-4-6(2)5-7(3)8/h6H,1,4-5H2,2-3H3. The molecule has 0 fully saturated rings. The van der Waals surface area contributed by atoms with Crippen molar-refractivity contribution in [2.75, 3.05) is 0 Å². The molecule has 0 spiro atoms. The molecule has 0 heterocycles. The van der Waals surface area contributed by atoms with E-state index in [0.29, 0.717) is 12.3 Å². The van der Waals surface area contributed by atoms with Crippen molar-refractivity contribution in [3.63, 3.8) is 0 Å². The summed E-state index contributed by atoms with van der Waals surface area (Å²) in [4.78, 5) is 10.4. The third kappa shape index (κ3) is 3.85. The minimum atomic E-state index is 0.265. The maximum Gasteiger partial charge on any atom is 0.130 e. The quantitative estimate of drug-likeness (QED) is 0.545. The summed E-state index contributed by atoms with van der Waals surface area (Å²) in [7, 11) is 0. The Bertz CT molecular complexity index is 76.5. The molecule has 0 aromatic heterocycles. The molecule has 1 heteroatoms. The van der Waals surface area contributed by atoms with Crippen molar-refractivity contribution in [1.82, 2.24) is 0 Å². The summed E-state index contributed by atoms with van der Waals surface area (Å²) in [5, 5.41) is 0. The Hall–Kier alpha value is -0.330. The van der Waals surface area contributed by atoms with Crippen LogP contribution >= 0.6 is 0 Å². The van der Waals surface area contributed by atoms with E-state index in [4.69, 9.17) is 0 Å². The van der Waals surface area contributed by atoms with E-state index >= 15 is 0 Å². The van der Waals surface area contributed by atoms with Crippen molar-refractivity contribution in [3.8, 4) is 0 Å². The topological polar surface area (TPSA) is 17.1 Å². The highest BCUT2D eigenvalue weighted by Gasteiger charge is 2.00. The molecule has 0 aromatic rings. The summed E-state index contributed by atoms with van der Waals surface area (Å²) in [6, 6.07) is 0. The first-order valence-electron chi connectivity index (χ1n) is 2.95. The summed E-state index contributed by atoms with van der Waals surface area (Å²) < 4.78 is 0. The van der Waals surface area contributed by atoms with Gasteiger partial charge in [0.15, 0.2) is 0 Å². The van der Waals surface area contributed by atoms with Gasteiger partial charge in [-0.1, -0.05) is 20.3 Å². The summed E-state index contributed by atoms with van der Waals surface area (Å²) in [6.45, 7) is 7.34. The second-order valence-electron chi connectivity index (χ2n) is 2.30. The molecule has 0 aliphatic rings. The van der Waals surface area contributed by atoms with Crippen LogP contribution < -0.4 is 0 Å². The maximum absolute atomic E-state index is 10.4. The van der Waals surface area contributed by atoms with Crippen LogP contribution in [0.25, 0.3) is 0 Å². The second kappa shape index (κ2) is 3.65. The van der Waals surface area contributed by atoms with Crippen LogP contribution in [0.5, 0.6) is 0 Å². The van der Waals surface area contributed by atoms with E-state index in [1.165, 1.54) is 0 Å². The molecule has 0 aliphatic heterocycles. The van der Waals surface area contributed by atoms with Crippen LogP contribution in [0.15, 0.2) is 0 Å². The summed E-state index contributed by atoms with van der Waals surface area (Å²) in [6.07, 6.45) is 1.54. The Morgan fingerprint density at radius 1 is 1.75 bits per heavy atom. The molecule has 0 aromatic carbocycles. The van der Waals surface area contributed by atoms with Crippen LogP contribution in [-0.4, -0.2) is 5.78 Å². The Balaban J connectivity index is 3.24. The van der Waals surface area contributed by atoms with Gasteiger partial charge in [-0.15, -0.1) is 0 Å². The summed E-state index contributed by atoms with van der Waals surface area (Å²) in [5.41, 5.74) is 0. The van der Waals surface area contributed by atoms with Crippen molar-refractivity contribution in [1.29, 1.82) is 0 Å². The van der Waals surface area contributed by atoms with Crippen LogP contribution in [0.1, 0.15) is 26.7 Å². The zero-order chi connectivity index (χ0) is 6.57. The van der Waals surface area contributed by atoms with Crippen molar-refractivity contribution >= 4 is 5.78 Å². The van der Waals surface area contributed by atoms with Crippen molar-refractivity contribution < 1.29 is 4.79 Å². The average Bonchev–Trinajstić information content (AvgIpc) is 1.65. The van der Waals surface area contributed by atoms with E-state index in [0.717, 1.165) is 6.42 Å². The first kappa shape index (κ1) is 7.67. The molecular formula is C7H13O. The molecule has 0 N–H and O–H groups in total. The van der Waals surface area contributed by atoms with Gasteiger partial charge in [-0.3, -0.25) is 0 Å². The van der Waals surface area contributed by atoms with E-state index in [1.54, 1.807) is 6.92 Å². The molecule has 8 heavy (non-hydrogen) atoms. The minimum Gasteiger partial charge on any atom is -0.300 e. The number of carbonyl (C=O) groups excluding carboxylic acids is 1.